The molecule has 2 heterocycles. The zero-order chi connectivity index (χ0) is 15.4. The second-order valence-electron chi connectivity index (χ2n) is 5.22. The zero-order valence-electron chi connectivity index (χ0n) is 12.5. The number of anilines is 1. The predicted molar refractivity (Wildman–Crippen MR) is 88.1 cm³/mol. The van der Waals surface area contributed by atoms with E-state index < -0.39 is 0 Å². The molecule has 0 aliphatic carbocycles. The zero-order valence-corrected chi connectivity index (χ0v) is 13.4. The van der Waals surface area contributed by atoms with Gasteiger partial charge in [-0.15, -0.1) is 11.3 Å². The van der Waals surface area contributed by atoms with Crippen LogP contribution in [0.3, 0.4) is 0 Å². The fraction of sp³-hybridized carbons (Fsp3) is 0.375. The third kappa shape index (κ3) is 3.64. The van der Waals surface area contributed by atoms with E-state index in [-0.39, 0.29) is 5.91 Å². The van der Waals surface area contributed by atoms with Gasteiger partial charge in [0, 0.05) is 37.5 Å². The topological polar surface area (TPSA) is 54.5 Å². The first-order valence-corrected chi connectivity index (χ1v) is 8.22. The number of carbonyl (C=O) groups excluding carboxylic acids is 1. The van der Waals surface area contributed by atoms with Gasteiger partial charge in [0.25, 0.3) is 0 Å². The summed E-state index contributed by atoms with van der Waals surface area (Å²) in [7, 11) is 0. The molecule has 1 aromatic heterocycles. The number of aromatic nitrogens is 1. The quantitative estimate of drug-likeness (QED) is 0.940. The molecule has 116 valence electrons. The third-order valence-electron chi connectivity index (χ3n) is 3.56. The molecule has 1 fully saturated rings. The van der Waals surface area contributed by atoms with E-state index in [2.05, 4.69) is 27.7 Å². The Labute approximate surface area is 133 Å². The molecule has 0 unspecified atom stereocenters. The maximum absolute atomic E-state index is 10.9. The van der Waals surface area contributed by atoms with Crippen LogP contribution < -0.4 is 10.2 Å². The van der Waals surface area contributed by atoms with Crippen molar-refractivity contribution in [2.45, 2.75) is 13.5 Å². The van der Waals surface area contributed by atoms with Gasteiger partial charge in [-0.3, -0.25) is 4.79 Å². The lowest BCUT2D eigenvalue weighted by Gasteiger charge is -2.26. The van der Waals surface area contributed by atoms with Crippen LogP contribution in [0.15, 0.2) is 29.6 Å². The van der Waals surface area contributed by atoms with Gasteiger partial charge >= 0.3 is 0 Å². The maximum Gasteiger partial charge on any atom is 0.217 e. The third-order valence-corrected chi connectivity index (χ3v) is 4.47. The summed E-state index contributed by atoms with van der Waals surface area (Å²) in [4.78, 5) is 17.9. The fourth-order valence-electron chi connectivity index (χ4n) is 2.32. The number of ether oxygens (including phenoxy) is 1. The highest BCUT2D eigenvalue weighted by Crippen LogP contribution is 2.28. The van der Waals surface area contributed by atoms with Crippen LogP contribution in [0.2, 0.25) is 0 Å². The molecule has 1 saturated heterocycles. The molecular weight excluding hydrogens is 298 g/mol. The van der Waals surface area contributed by atoms with Gasteiger partial charge in [-0.1, -0.05) is 24.3 Å². The highest BCUT2D eigenvalue weighted by Gasteiger charge is 2.15. The Hall–Kier alpha value is -1.92. The number of thiazole rings is 1. The Morgan fingerprint density at radius 3 is 2.73 bits per heavy atom. The minimum absolute atomic E-state index is 0.0151. The summed E-state index contributed by atoms with van der Waals surface area (Å²) in [6, 6.07) is 8.16. The fourth-order valence-corrected chi connectivity index (χ4v) is 3.21. The standard InChI is InChI=1S/C16H19N3O2S/c1-12(20)17-10-13-2-4-14(5-3-13)15-11-22-16(18-15)19-6-8-21-9-7-19/h2-5,11H,6-10H2,1H3,(H,17,20). The molecule has 0 radical (unpaired) electrons. The Bertz CT molecular complexity index is 633. The molecule has 1 aliphatic rings. The molecule has 5 nitrogen and oxygen atoms in total. The highest BCUT2D eigenvalue weighted by molar-refractivity contribution is 7.14. The van der Waals surface area contributed by atoms with Gasteiger partial charge in [-0.25, -0.2) is 4.98 Å². The number of rotatable bonds is 4. The molecule has 0 bridgehead atoms. The minimum Gasteiger partial charge on any atom is -0.378 e. The van der Waals surface area contributed by atoms with E-state index in [4.69, 9.17) is 9.72 Å². The van der Waals surface area contributed by atoms with Crippen LogP contribution in [0.1, 0.15) is 12.5 Å². The van der Waals surface area contributed by atoms with Gasteiger partial charge in [-0.05, 0) is 5.56 Å². The van der Waals surface area contributed by atoms with Crippen molar-refractivity contribution >= 4 is 22.4 Å². The molecule has 3 rings (SSSR count). The second-order valence-corrected chi connectivity index (χ2v) is 6.06. The minimum atomic E-state index is -0.0151. The second kappa shape index (κ2) is 6.89. The first kappa shape index (κ1) is 15.0. The van der Waals surface area contributed by atoms with Gasteiger partial charge < -0.3 is 15.0 Å². The monoisotopic (exact) mass is 317 g/mol. The molecule has 1 aliphatic heterocycles. The number of hydrogen-bond donors (Lipinski definition) is 1. The van der Waals surface area contributed by atoms with Crippen LogP contribution in [0.25, 0.3) is 11.3 Å². The number of hydrogen-bond acceptors (Lipinski definition) is 5. The van der Waals surface area contributed by atoms with Crippen LogP contribution in [0.4, 0.5) is 5.13 Å². The van der Waals surface area contributed by atoms with E-state index in [0.717, 1.165) is 48.3 Å². The largest absolute Gasteiger partial charge is 0.378 e. The Morgan fingerprint density at radius 1 is 1.32 bits per heavy atom. The van der Waals surface area contributed by atoms with Gasteiger partial charge in [0.15, 0.2) is 5.13 Å². The van der Waals surface area contributed by atoms with Crippen molar-refractivity contribution in [3.05, 3.63) is 35.2 Å². The Kier molecular flexibility index (Phi) is 4.70. The van der Waals surface area contributed by atoms with E-state index in [1.807, 2.05) is 12.1 Å². The SMILES string of the molecule is CC(=O)NCc1ccc(-c2csc(N3CCOCC3)n2)cc1. The number of benzene rings is 1. The van der Waals surface area contributed by atoms with E-state index >= 15 is 0 Å². The first-order chi connectivity index (χ1) is 10.7. The number of carbonyl (C=O) groups is 1. The molecule has 22 heavy (non-hydrogen) atoms. The number of amides is 1. The lowest BCUT2D eigenvalue weighted by molar-refractivity contribution is -0.119. The lowest BCUT2D eigenvalue weighted by Crippen LogP contribution is -2.36. The molecule has 2 aromatic rings. The smallest absolute Gasteiger partial charge is 0.217 e. The molecule has 1 amide bonds. The van der Waals surface area contributed by atoms with Crippen molar-refractivity contribution in [2.24, 2.45) is 0 Å². The molecule has 1 N–H and O–H groups in total. The van der Waals surface area contributed by atoms with Crippen molar-refractivity contribution in [3.8, 4) is 11.3 Å². The van der Waals surface area contributed by atoms with E-state index in [1.165, 1.54) is 6.92 Å². The molecule has 0 spiro atoms. The summed E-state index contributed by atoms with van der Waals surface area (Å²) in [6.45, 7) is 5.44. The summed E-state index contributed by atoms with van der Waals surface area (Å²) in [5.41, 5.74) is 3.18. The normalized spacial score (nSPS) is 14.9. The summed E-state index contributed by atoms with van der Waals surface area (Å²) < 4.78 is 5.37. The molecule has 0 saturated carbocycles. The lowest BCUT2D eigenvalue weighted by atomic mass is 10.1. The van der Waals surface area contributed by atoms with Crippen molar-refractivity contribution < 1.29 is 9.53 Å². The summed E-state index contributed by atoms with van der Waals surface area (Å²) in [5.74, 6) is -0.0151. The van der Waals surface area contributed by atoms with Crippen molar-refractivity contribution in [3.63, 3.8) is 0 Å². The van der Waals surface area contributed by atoms with Crippen molar-refractivity contribution in [1.82, 2.24) is 10.3 Å². The summed E-state index contributed by atoms with van der Waals surface area (Å²) in [6.07, 6.45) is 0. The average molecular weight is 317 g/mol. The average Bonchev–Trinajstić information content (AvgIpc) is 3.04. The van der Waals surface area contributed by atoms with E-state index in [1.54, 1.807) is 11.3 Å². The molecule has 0 atom stereocenters. The van der Waals surface area contributed by atoms with Crippen LogP contribution in [0, 0.1) is 0 Å². The van der Waals surface area contributed by atoms with Crippen LogP contribution in [-0.2, 0) is 16.1 Å². The summed E-state index contributed by atoms with van der Waals surface area (Å²) in [5, 5.41) is 5.94. The highest BCUT2D eigenvalue weighted by atomic mass is 32.1. The first-order valence-electron chi connectivity index (χ1n) is 7.34. The van der Waals surface area contributed by atoms with Crippen molar-refractivity contribution in [2.75, 3.05) is 31.2 Å². The van der Waals surface area contributed by atoms with Crippen LogP contribution >= 0.6 is 11.3 Å². The van der Waals surface area contributed by atoms with Gasteiger partial charge in [0.2, 0.25) is 5.91 Å². The van der Waals surface area contributed by atoms with Gasteiger partial charge in [0.1, 0.15) is 0 Å². The van der Waals surface area contributed by atoms with Crippen LogP contribution in [0.5, 0.6) is 0 Å². The summed E-state index contributed by atoms with van der Waals surface area (Å²) >= 11 is 1.67. The maximum atomic E-state index is 10.9. The number of morpholine rings is 1. The van der Waals surface area contributed by atoms with E-state index in [9.17, 15) is 4.79 Å². The van der Waals surface area contributed by atoms with E-state index in [0.29, 0.717) is 6.54 Å². The van der Waals surface area contributed by atoms with Gasteiger partial charge in [-0.2, -0.15) is 0 Å². The van der Waals surface area contributed by atoms with Gasteiger partial charge in [0.05, 0.1) is 18.9 Å². The van der Waals surface area contributed by atoms with Crippen LogP contribution in [-0.4, -0.2) is 37.2 Å². The van der Waals surface area contributed by atoms with Crippen molar-refractivity contribution in [1.29, 1.82) is 0 Å². The molecule has 6 heteroatoms. The number of nitrogens with one attached hydrogen (secondary N) is 1. The number of nitrogens with zero attached hydrogens (tertiary/aromatic N) is 2. The predicted octanol–water partition coefficient (Wildman–Crippen LogP) is 2.28. The Morgan fingerprint density at radius 2 is 2.05 bits per heavy atom. The Balaban J connectivity index is 1.68. The molecule has 1 aromatic carbocycles. The molecular formula is C16H19N3O2S.